The molecule has 2 heterocycles. The summed E-state index contributed by atoms with van der Waals surface area (Å²) in [4.78, 5) is 16.5. The number of hydrogen-bond donors (Lipinski definition) is 0. The molecule has 0 N–H and O–H groups in total. The van der Waals surface area contributed by atoms with Crippen LogP contribution in [0.2, 0.25) is 0 Å². The van der Waals surface area contributed by atoms with Crippen LogP contribution in [0.15, 0.2) is 18.5 Å². The number of carbonyl (C=O) groups excluding carboxylic acids is 1. The van der Waals surface area contributed by atoms with Crippen LogP contribution in [0.25, 0.3) is 0 Å². The molecule has 2 rings (SSSR count). The minimum Gasteiger partial charge on any atom is -0.294 e. The van der Waals surface area contributed by atoms with Gasteiger partial charge in [0.1, 0.15) is 0 Å². The van der Waals surface area contributed by atoms with E-state index in [-0.39, 0.29) is 17.8 Å². The molecule has 0 aliphatic carbocycles. The lowest BCUT2D eigenvalue weighted by atomic mass is 10.1. The third-order valence-electron chi connectivity index (χ3n) is 1.94. The molecule has 6 nitrogen and oxygen atoms in total. The van der Waals surface area contributed by atoms with Gasteiger partial charge in [0.25, 0.3) is 0 Å². The number of ketones is 1. The van der Waals surface area contributed by atoms with E-state index in [9.17, 15) is 9.18 Å². The molecule has 2 aromatic heterocycles. The highest BCUT2D eigenvalue weighted by atomic mass is 19.1. The number of nitrogens with zero attached hydrogens (tertiary/aromatic N) is 5. The van der Waals surface area contributed by atoms with Crippen molar-refractivity contribution in [3.63, 3.8) is 0 Å². The Morgan fingerprint density at radius 3 is 3.00 bits per heavy atom. The average molecular weight is 221 g/mol. The number of aryl methyl sites for hydroxylation is 1. The monoisotopic (exact) mass is 221 g/mol. The van der Waals surface area contributed by atoms with Crippen LogP contribution in [0.3, 0.4) is 0 Å². The van der Waals surface area contributed by atoms with Crippen molar-refractivity contribution >= 4 is 5.78 Å². The summed E-state index contributed by atoms with van der Waals surface area (Å²) in [6, 6.07) is 1.33. The van der Waals surface area contributed by atoms with Crippen molar-refractivity contribution in [3.8, 4) is 0 Å². The Balaban J connectivity index is 2.18. The molecule has 0 fully saturated rings. The molecule has 0 radical (unpaired) electrons. The molecule has 7 heteroatoms. The van der Waals surface area contributed by atoms with Crippen molar-refractivity contribution in [2.45, 2.75) is 6.42 Å². The van der Waals surface area contributed by atoms with Gasteiger partial charge in [0.2, 0.25) is 0 Å². The van der Waals surface area contributed by atoms with Crippen LogP contribution >= 0.6 is 0 Å². The summed E-state index contributed by atoms with van der Waals surface area (Å²) >= 11 is 0. The lowest BCUT2D eigenvalue weighted by Gasteiger charge is -1.98. The van der Waals surface area contributed by atoms with E-state index in [1.54, 1.807) is 7.05 Å². The molecule has 0 spiro atoms. The van der Waals surface area contributed by atoms with E-state index >= 15 is 0 Å². The fourth-order valence-corrected chi connectivity index (χ4v) is 1.23. The van der Waals surface area contributed by atoms with Gasteiger partial charge in [-0.2, -0.15) is 4.80 Å². The summed E-state index contributed by atoms with van der Waals surface area (Å²) in [5.74, 6) is -0.770. The molecule has 0 unspecified atom stereocenters. The van der Waals surface area contributed by atoms with E-state index in [2.05, 4.69) is 20.4 Å². The van der Waals surface area contributed by atoms with Crippen molar-refractivity contribution < 1.29 is 9.18 Å². The summed E-state index contributed by atoms with van der Waals surface area (Å²) in [6.45, 7) is 0. The van der Waals surface area contributed by atoms with Gasteiger partial charge in [-0.15, -0.1) is 10.2 Å². The van der Waals surface area contributed by atoms with Crippen LogP contribution < -0.4 is 0 Å². The molecule has 0 aliphatic heterocycles. The van der Waals surface area contributed by atoms with Gasteiger partial charge in [-0.1, -0.05) is 0 Å². The van der Waals surface area contributed by atoms with Crippen LogP contribution in [0, 0.1) is 5.82 Å². The predicted octanol–water partition coefficient (Wildman–Crippen LogP) is 0.170. The van der Waals surface area contributed by atoms with Crippen LogP contribution in [0.4, 0.5) is 4.39 Å². The second-order valence-corrected chi connectivity index (χ2v) is 3.15. The Hall–Kier alpha value is -2.18. The smallest absolute Gasteiger partial charge is 0.182 e. The second kappa shape index (κ2) is 4.13. The summed E-state index contributed by atoms with van der Waals surface area (Å²) in [5.41, 5.74) is -0.0116. The van der Waals surface area contributed by atoms with Crippen LogP contribution in [-0.4, -0.2) is 31.0 Å². The maximum Gasteiger partial charge on any atom is 0.182 e. The molecule has 0 saturated carbocycles. The number of rotatable bonds is 3. The highest BCUT2D eigenvalue weighted by molar-refractivity contribution is 5.97. The van der Waals surface area contributed by atoms with Crippen LogP contribution in [-0.2, 0) is 13.5 Å². The van der Waals surface area contributed by atoms with Crippen LogP contribution in [0.1, 0.15) is 16.2 Å². The number of aromatic nitrogens is 5. The number of Topliss-reactive ketones (excluding diaryl/α,β-unsaturated/α-hetero) is 1. The fraction of sp³-hybridized carbons (Fsp3) is 0.222. The SMILES string of the molecule is Cn1nnc(CC(=O)c2ccncc2F)n1. The Labute approximate surface area is 90.1 Å². The Morgan fingerprint density at radius 1 is 1.56 bits per heavy atom. The largest absolute Gasteiger partial charge is 0.294 e. The van der Waals surface area contributed by atoms with Crippen molar-refractivity contribution in [1.29, 1.82) is 0 Å². The predicted molar refractivity (Wildman–Crippen MR) is 51.0 cm³/mol. The fourth-order valence-electron chi connectivity index (χ4n) is 1.23. The van der Waals surface area contributed by atoms with Gasteiger partial charge in [-0.05, 0) is 11.3 Å². The van der Waals surface area contributed by atoms with Gasteiger partial charge in [0.15, 0.2) is 17.4 Å². The normalized spacial score (nSPS) is 10.4. The summed E-state index contributed by atoms with van der Waals surface area (Å²) in [6.07, 6.45) is 2.28. The van der Waals surface area contributed by atoms with Crippen molar-refractivity contribution in [3.05, 3.63) is 35.7 Å². The highest BCUT2D eigenvalue weighted by Crippen LogP contribution is 2.07. The van der Waals surface area contributed by atoms with Gasteiger partial charge in [-0.25, -0.2) is 4.39 Å². The van der Waals surface area contributed by atoms with E-state index < -0.39 is 11.6 Å². The van der Waals surface area contributed by atoms with Gasteiger partial charge in [-0.3, -0.25) is 9.78 Å². The van der Waals surface area contributed by atoms with E-state index in [1.807, 2.05) is 0 Å². The van der Waals surface area contributed by atoms with Crippen LogP contribution in [0.5, 0.6) is 0 Å². The molecular formula is C9H8FN5O. The third kappa shape index (κ3) is 2.08. The first-order chi connectivity index (χ1) is 7.66. The number of carbonyl (C=O) groups is 1. The number of hydrogen-bond acceptors (Lipinski definition) is 5. The van der Waals surface area contributed by atoms with Crippen molar-refractivity contribution in [2.75, 3.05) is 0 Å². The topological polar surface area (TPSA) is 73.6 Å². The molecule has 2 aromatic rings. The molecule has 16 heavy (non-hydrogen) atoms. The molecular weight excluding hydrogens is 213 g/mol. The summed E-state index contributed by atoms with van der Waals surface area (Å²) in [7, 11) is 1.59. The third-order valence-corrected chi connectivity index (χ3v) is 1.94. The highest BCUT2D eigenvalue weighted by Gasteiger charge is 2.14. The number of pyridine rings is 1. The molecule has 0 bridgehead atoms. The zero-order valence-electron chi connectivity index (χ0n) is 8.46. The molecule has 0 atom stereocenters. The Kier molecular flexibility index (Phi) is 2.67. The second-order valence-electron chi connectivity index (χ2n) is 3.15. The maximum atomic E-state index is 13.2. The summed E-state index contributed by atoms with van der Waals surface area (Å²) < 4.78 is 13.2. The van der Waals surface area contributed by atoms with Gasteiger partial charge in [0, 0.05) is 6.20 Å². The zero-order chi connectivity index (χ0) is 11.5. The molecule has 0 aromatic carbocycles. The van der Waals surface area contributed by atoms with E-state index in [0.717, 1.165) is 6.20 Å². The van der Waals surface area contributed by atoms with Gasteiger partial charge in [0.05, 0.1) is 25.2 Å². The van der Waals surface area contributed by atoms with E-state index in [0.29, 0.717) is 0 Å². The van der Waals surface area contributed by atoms with Gasteiger partial charge < -0.3 is 0 Å². The zero-order valence-corrected chi connectivity index (χ0v) is 8.46. The standard InChI is InChI=1S/C9H8FN5O/c1-15-13-9(12-14-15)4-8(16)6-2-3-11-5-7(6)10/h2-3,5H,4H2,1H3. The minimum absolute atomic E-state index is 0.0116. The maximum absolute atomic E-state index is 13.2. The van der Waals surface area contributed by atoms with E-state index in [1.165, 1.54) is 17.1 Å². The number of tetrazole rings is 1. The first-order valence-corrected chi connectivity index (χ1v) is 4.52. The number of halogens is 1. The van der Waals surface area contributed by atoms with Crippen molar-refractivity contribution in [2.24, 2.45) is 7.05 Å². The molecule has 0 aliphatic rings. The molecule has 0 saturated heterocycles. The minimum atomic E-state index is -0.642. The first kappa shape index (κ1) is 10.3. The Morgan fingerprint density at radius 2 is 2.38 bits per heavy atom. The average Bonchev–Trinajstić information content (AvgIpc) is 2.64. The first-order valence-electron chi connectivity index (χ1n) is 4.52. The summed E-state index contributed by atoms with van der Waals surface area (Å²) in [5, 5.41) is 11.1. The molecule has 0 amide bonds. The van der Waals surface area contributed by atoms with Gasteiger partial charge >= 0.3 is 0 Å². The Bertz CT molecular complexity index is 524. The quantitative estimate of drug-likeness (QED) is 0.691. The van der Waals surface area contributed by atoms with E-state index in [4.69, 9.17) is 0 Å². The lowest BCUT2D eigenvalue weighted by Crippen LogP contribution is -2.08. The van der Waals surface area contributed by atoms with Crippen molar-refractivity contribution in [1.82, 2.24) is 25.2 Å². The molecule has 82 valence electrons. The lowest BCUT2D eigenvalue weighted by molar-refractivity contribution is 0.0986.